The van der Waals surface area contributed by atoms with Gasteiger partial charge in [0.05, 0.1) is 17.6 Å². The van der Waals surface area contributed by atoms with Crippen LogP contribution in [0.15, 0.2) is 70.1 Å². The molecule has 0 N–H and O–H groups in total. The van der Waals surface area contributed by atoms with E-state index in [0.717, 1.165) is 21.9 Å². The van der Waals surface area contributed by atoms with Gasteiger partial charge in [-0.15, -0.1) is 17.9 Å². The van der Waals surface area contributed by atoms with Crippen LogP contribution in [0.4, 0.5) is 5.69 Å². The van der Waals surface area contributed by atoms with Crippen molar-refractivity contribution in [2.24, 2.45) is 4.99 Å². The standard InChI is InChI=1S/C17H16N2OS/c1-3-9-19-15(16-8-5-10-20-16)12-21-17(19)18-14-7-4-6-13(2)11-14/h3-8,10-12H,1,9H2,2H3. The van der Waals surface area contributed by atoms with Gasteiger partial charge in [0.25, 0.3) is 0 Å². The minimum absolute atomic E-state index is 0.699. The summed E-state index contributed by atoms with van der Waals surface area (Å²) in [5, 5.41) is 2.07. The molecule has 2 aromatic heterocycles. The largest absolute Gasteiger partial charge is 0.463 e. The zero-order valence-electron chi connectivity index (χ0n) is 11.8. The predicted molar refractivity (Wildman–Crippen MR) is 86.6 cm³/mol. The molecule has 2 heterocycles. The Morgan fingerprint density at radius 2 is 2.24 bits per heavy atom. The van der Waals surface area contributed by atoms with Crippen molar-refractivity contribution in [1.29, 1.82) is 0 Å². The highest BCUT2D eigenvalue weighted by Crippen LogP contribution is 2.21. The summed E-state index contributed by atoms with van der Waals surface area (Å²) in [6.45, 7) is 6.60. The van der Waals surface area contributed by atoms with Gasteiger partial charge in [0, 0.05) is 11.9 Å². The molecule has 0 bridgehead atoms. The van der Waals surface area contributed by atoms with Crippen LogP contribution in [0, 0.1) is 6.92 Å². The molecule has 4 heteroatoms. The maximum absolute atomic E-state index is 5.50. The average molecular weight is 296 g/mol. The highest BCUT2D eigenvalue weighted by atomic mass is 32.1. The Kier molecular flexibility index (Phi) is 3.88. The highest BCUT2D eigenvalue weighted by Gasteiger charge is 2.09. The summed E-state index contributed by atoms with van der Waals surface area (Å²) in [5.41, 5.74) is 3.19. The van der Waals surface area contributed by atoms with Crippen LogP contribution in [0.5, 0.6) is 0 Å². The van der Waals surface area contributed by atoms with Gasteiger partial charge >= 0.3 is 0 Å². The van der Waals surface area contributed by atoms with Gasteiger partial charge in [-0.1, -0.05) is 18.2 Å². The zero-order chi connectivity index (χ0) is 14.7. The summed E-state index contributed by atoms with van der Waals surface area (Å²) in [6.07, 6.45) is 3.55. The van der Waals surface area contributed by atoms with Crippen LogP contribution in [0.25, 0.3) is 11.5 Å². The molecule has 0 saturated carbocycles. The Morgan fingerprint density at radius 3 is 2.95 bits per heavy atom. The molecule has 3 rings (SSSR count). The van der Waals surface area contributed by atoms with Gasteiger partial charge in [0.1, 0.15) is 0 Å². The van der Waals surface area contributed by atoms with Crippen LogP contribution in [-0.2, 0) is 6.54 Å². The molecule has 0 saturated heterocycles. The van der Waals surface area contributed by atoms with E-state index in [-0.39, 0.29) is 0 Å². The molecule has 106 valence electrons. The van der Waals surface area contributed by atoms with E-state index in [0.29, 0.717) is 6.54 Å². The Hall–Kier alpha value is -2.33. The third-order valence-electron chi connectivity index (χ3n) is 3.11. The van der Waals surface area contributed by atoms with E-state index in [2.05, 4.69) is 35.6 Å². The van der Waals surface area contributed by atoms with E-state index in [9.17, 15) is 0 Å². The lowest BCUT2D eigenvalue weighted by Crippen LogP contribution is -2.14. The second kappa shape index (κ2) is 5.97. The molecule has 3 aromatic rings. The fourth-order valence-corrected chi connectivity index (χ4v) is 3.07. The van der Waals surface area contributed by atoms with Crippen molar-refractivity contribution in [1.82, 2.24) is 4.57 Å². The lowest BCUT2D eigenvalue weighted by Gasteiger charge is -2.03. The van der Waals surface area contributed by atoms with Crippen molar-refractivity contribution in [3.63, 3.8) is 0 Å². The van der Waals surface area contributed by atoms with Gasteiger partial charge in [0.15, 0.2) is 10.6 Å². The lowest BCUT2D eigenvalue weighted by atomic mass is 10.2. The van der Waals surface area contributed by atoms with Crippen molar-refractivity contribution in [3.05, 3.63) is 71.1 Å². The molecule has 1 aromatic carbocycles. The molecular formula is C17H16N2OS. The number of allylic oxidation sites excluding steroid dienone is 1. The molecule has 0 atom stereocenters. The summed E-state index contributed by atoms with van der Waals surface area (Å²) in [6, 6.07) is 12.0. The van der Waals surface area contributed by atoms with E-state index in [1.165, 1.54) is 5.56 Å². The first-order valence-corrected chi connectivity index (χ1v) is 7.60. The third-order valence-corrected chi connectivity index (χ3v) is 3.97. The molecule has 0 aliphatic rings. The van der Waals surface area contributed by atoms with Crippen LogP contribution >= 0.6 is 11.3 Å². The van der Waals surface area contributed by atoms with Crippen molar-refractivity contribution in [3.8, 4) is 11.5 Å². The summed E-state index contributed by atoms with van der Waals surface area (Å²) >= 11 is 1.60. The molecule has 0 fully saturated rings. The normalized spacial score (nSPS) is 11.8. The van der Waals surface area contributed by atoms with Crippen LogP contribution in [0.2, 0.25) is 0 Å². The number of benzene rings is 1. The smallest absolute Gasteiger partial charge is 0.190 e. The molecular weight excluding hydrogens is 280 g/mol. The molecule has 0 unspecified atom stereocenters. The number of aryl methyl sites for hydroxylation is 1. The second-order valence-electron chi connectivity index (χ2n) is 4.73. The van der Waals surface area contributed by atoms with Crippen molar-refractivity contribution in [2.45, 2.75) is 13.5 Å². The van der Waals surface area contributed by atoms with Crippen molar-refractivity contribution >= 4 is 17.0 Å². The molecule has 21 heavy (non-hydrogen) atoms. The Balaban J connectivity index is 2.13. The summed E-state index contributed by atoms with van der Waals surface area (Å²) in [7, 11) is 0. The minimum Gasteiger partial charge on any atom is -0.463 e. The second-order valence-corrected chi connectivity index (χ2v) is 5.57. The number of hydrogen-bond acceptors (Lipinski definition) is 3. The molecule has 3 nitrogen and oxygen atoms in total. The minimum atomic E-state index is 0.699. The number of thiazole rings is 1. The van der Waals surface area contributed by atoms with E-state index in [1.54, 1.807) is 17.6 Å². The lowest BCUT2D eigenvalue weighted by molar-refractivity contribution is 0.574. The van der Waals surface area contributed by atoms with Gasteiger partial charge in [0.2, 0.25) is 0 Å². The molecule has 0 aliphatic heterocycles. The fraction of sp³-hybridized carbons (Fsp3) is 0.118. The van der Waals surface area contributed by atoms with Gasteiger partial charge in [-0.25, -0.2) is 4.99 Å². The van der Waals surface area contributed by atoms with E-state index in [4.69, 9.17) is 9.41 Å². The first kappa shape index (κ1) is 13.6. The number of nitrogens with zero attached hydrogens (tertiary/aromatic N) is 2. The Bertz CT molecular complexity index is 809. The van der Waals surface area contributed by atoms with Gasteiger partial charge in [-0.2, -0.15) is 0 Å². The topological polar surface area (TPSA) is 30.4 Å². The third kappa shape index (κ3) is 2.90. The zero-order valence-corrected chi connectivity index (χ0v) is 12.6. The predicted octanol–water partition coefficient (Wildman–Crippen LogP) is 4.54. The van der Waals surface area contributed by atoms with Gasteiger partial charge in [-0.3, -0.25) is 0 Å². The average Bonchev–Trinajstić information content (AvgIpc) is 3.10. The molecule has 0 aliphatic carbocycles. The van der Waals surface area contributed by atoms with E-state index in [1.807, 2.05) is 30.3 Å². The Morgan fingerprint density at radius 1 is 1.33 bits per heavy atom. The fourth-order valence-electron chi connectivity index (χ4n) is 2.15. The number of hydrogen-bond donors (Lipinski definition) is 0. The maximum atomic E-state index is 5.50. The van der Waals surface area contributed by atoms with E-state index >= 15 is 0 Å². The number of rotatable bonds is 4. The summed E-state index contributed by atoms with van der Waals surface area (Å²) in [5.74, 6) is 0.846. The molecule has 0 spiro atoms. The van der Waals surface area contributed by atoms with Gasteiger partial charge < -0.3 is 8.98 Å². The van der Waals surface area contributed by atoms with Crippen LogP contribution in [-0.4, -0.2) is 4.57 Å². The van der Waals surface area contributed by atoms with Crippen molar-refractivity contribution in [2.75, 3.05) is 0 Å². The van der Waals surface area contributed by atoms with Crippen LogP contribution in [0.3, 0.4) is 0 Å². The summed E-state index contributed by atoms with van der Waals surface area (Å²) in [4.78, 5) is 5.68. The Labute approximate surface area is 127 Å². The SMILES string of the molecule is C=CCn1c(-c2ccco2)csc1=Nc1cccc(C)c1. The van der Waals surface area contributed by atoms with Crippen LogP contribution < -0.4 is 4.80 Å². The maximum Gasteiger partial charge on any atom is 0.190 e. The monoisotopic (exact) mass is 296 g/mol. The number of furan rings is 1. The van der Waals surface area contributed by atoms with E-state index < -0.39 is 0 Å². The van der Waals surface area contributed by atoms with Crippen LogP contribution in [0.1, 0.15) is 5.56 Å². The quantitative estimate of drug-likeness (QED) is 0.650. The molecule has 0 radical (unpaired) electrons. The first-order chi connectivity index (χ1) is 10.3. The summed E-state index contributed by atoms with van der Waals surface area (Å²) < 4.78 is 7.61. The molecule has 0 amide bonds. The number of aromatic nitrogens is 1. The first-order valence-electron chi connectivity index (χ1n) is 6.72. The van der Waals surface area contributed by atoms with Crippen molar-refractivity contribution < 1.29 is 4.42 Å². The van der Waals surface area contributed by atoms with Gasteiger partial charge in [-0.05, 0) is 36.8 Å². The highest BCUT2D eigenvalue weighted by molar-refractivity contribution is 7.07.